The summed E-state index contributed by atoms with van der Waals surface area (Å²) in [5, 5.41) is 6.91. The van der Waals surface area contributed by atoms with Gasteiger partial charge in [-0.25, -0.2) is 0 Å². The Morgan fingerprint density at radius 2 is 1.86 bits per heavy atom. The van der Waals surface area contributed by atoms with Crippen molar-refractivity contribution >= 4 is 5.96 Å². The van der Waals surface area contributed by atoms with Crippen molar-refractivity contribution in [2.24, 2.45) is 10.9 Å². The molecule has 0 aliphatic heterocycles. The lowest BCUT2D eigenvalue weighted by Gasteiger charge is -2.28. The van der Waals surface area contributed by atoms with Crippen LogP contribution in [0.25, 0.3) is 0 Å². The third-order valence-electron chi connectivity index (χ3n) is 4.20. The first-order chi connectivity index (χ1) is 10.2. The maximum Gasteiger partial charge on any atom is 0.191 e. The van der Waals surface area contributed by atoms with Crippen LogP contribution in [0.5, 0.6) is 5.75 Å². The molecular weight excluding hydrogens is 262 g/mol. The number of nitrogens with one attached hydrogen (secondary N) is 2. The number of hydrogen-bond acceptors (Lipinski definition) is 2. The number of guanidine groups is 1. The number of nitrogens with zero attached hydrogens (tertiary/aromatic N) is 1. The van der Waals surface area contributed by atoms with Gasteiger partial charge >= 0.3 is 0 Å². The standard InChI is InChI=1S/C17H27N3O/c1-13-4-8-15(9-5-13)20-17(18-2)19-12-14-6-10-16(21-3)11-7-14/h6-7,10-11,13,15H,4-5,8-9,12H2,1-3H3,(H2,18,19,20). The van der Waals surface area contributed by atoms with Gasteiger partial charge in [-0.3, -0.25) is 4.99 Å². The third kappa shape index (κ3) is 4.96. The van der Waals surface area contributed by atoms with Crippen molar-refractivity contribution in [2.75, 3.05) is 14.2 Å². The van der Waals surface area contributed by atoms with Gasteiger partial charge in [0.05, 0.1) is 7.11 Å². The second kappa shape index (κ2) is 7.91. The van der Waals surface area contributed by atoms with Crippen molar-refractivity contribution in [2.45, 2.75) is 45.2 Å². The van der Waals surface area contributed by atoms with E-state index in [0.717, 1.165) is 24.2 Å². The molecule has 0 unspecified atom stereocenters. The molecule has 1 fully saturated rings. The molecule has 0 spiro atoms. The lowest BCUT2D eigenvalue weighted by molar-refractivity contribution is 0.329. The van der Waals surface area contributed by atoms with Crippen LogP contribution in [0.3, 0.4) is 0 Å². The van der Waals surface area contributed by atoms with E-state index in [2.05, 4.69) is 34.7 Å². The Hall–Kier alpha value is -1.71. The zero-order chi connectivity index (χ0) is 15.1. The highest BCUT2D eigenvalue weighted by Gasteiger charge is 2.18. The van der Waals surface area contributed by atoms with Gasteiger partial charge in [-0.05, 0) is 49.3 Å². The van der Waals surface area contributed by atoms with Gasteiger partial charge in [-0.2, -0.15) is 0 Å². The molecule has 4 nitrogen and oxygen atoms in total. The Kier molecular flexibility index (Phi) is 5.90. The molecule has 1 aromatic carbocycles. The van der Waals surface area contributed by atoms with E-state index in [1.165, 1.54) is 31.2 Å². The number of hydrogen-bond donors (Lipinski definition) is 2. The van der Waals surface area contributed by atoms with Gasteiger partial charge < -0.3 is 15.4 Å². The molecule has 1 aliphatic rings. The minimum Gasteiger partial charge on any atom is -0.497 e. The van der Waals surface area contributed by atoms with E-state index in [9.17, 15) is 0 Å². The van der Waals surface area contributed by atoms with Crippen LogP contribution in [0.15, 0.2) is 29.3 Å². The number of rotatable bonds is 4. The number of methoxy groups -OCH3 is 1. The van der Waals surface area contributed by atoms with Crippen molar-refractivity contribution in [1.29, 1.82) is 0 Å². The molecule has 4 heteroatoms. The smallest absolute Gasteiger partial charge is 0.191 e. The van der Waals surface area contributed by atoms with Crippen molar-refractivity contribution < 1.29 is 4.74 Å². The summed E-state index contributed by atoms with van der Waals surface area (Å²) >= 11 is 0. The molecule has 0 atom stereocenters. The van der Waals surface area contributed by atoms with E-state index in [4.69, 9.17) is 4.74 Å². The minimum atomic E-state index is 0.559. The van der Waals surface area contributed by atoms with E-state index in [0.29, 0.717) is 6.04 Å². The Labute approximate surface area is 128 Å². The van der Waals surface area contributed by atoms with Crippen LogP contribution in [-0.2, 0) is 6.54 Å². The van der Waals surface area contributed by atoms with Crippen molar-refractivity contribution in [3.63, 3.8) is 0 Å². The normalized spacial score (nSPS) is 22.7. The molecule has 0 aromatic heterocycles. The fourth-order valence-electron chi connectivity index (χ4n) is 2.72. The Balaban J connectivity index is 1.79. The first kappa shape index (κ1) is 15.7. The molecule has 2 rings (SSSR count). The highest BCUT2D eigenvalue weighted by atomic mass is 16.5. The van der Waals surface area contributed by atoms with Gasteiger partial charge in [0.15, 0.2) is 5.96 Å². The molecule has 1 saturated carbocycles. The van der Waals surface area contributed by atoms with E-state index in [1.807, 2.05) is 19.2 Å². The topological polar surface area (TPSA) is 45.7 Å². The Morgan fingerprint density at radius 3 is 2.43 bits per heavy atom. The van der Waals surface area contributed by atoms with Gasteiger partial charge in [0.25, 0.3) is 0 Å². The molecule has 1 aromatic rings. The first-order valence-electron chi connectivity index (χ1n) is 7.81. The van der Waals surface area contributed by atoms with Gasteiger partial charge in [0.1, 0.15) is 5.75 Å². The number of ether oxygens (including phenoxy) is 1. The zero-order valence-corrected chi connectivity index (χ0v) is 13.4. The fourth-order valence-corrected chi connectivity index (χ4v) is 2.72. The molecule has 0 heterocycles. The van der Waals surface area contributed by atoms with Crippen LogP contribution >= 0.6 is 0 Å². The summed E-state index contributed by atoms with van der Waals surface area (Å²) in [4.78, 5) is 4.32. The molecule has 2 N–H and O–H groups in total. The summed E-state index contributed by atoms with van der Waals surface area (Å²) in [6.45, 7) is 3.11. The third-order valence-corrected chi connectivity index (χ3v) is 4.20. The van der Waals surface area contributed by atoms with E-state index in [1.54, 1.807) is 7.11 Å². The summed E-state index contributed by atoms with van der Waals surface area (Å²) in [7, 11) is 3.51. The number of aliphatic imine (C=N–C) groups is 1. The van der Waals surface area contributed by atoms with Crippen LogP contribution in [0, 0.1) is 5.92 Å². The van der Waals surface area contributed by atoms with E-state index in [-0.39, 0.29) is 0 Å². The van der Waals surface area contributed by atoms with Crippen LogP contribution < -0.4 is 15.4 Å². The average molecular weight is 289 g/mol. The van der Waals surface area contributed by atoms with Crippen molar-refractivity contribution in [3.05, 3.63) is 29.8 Å². The lowest BCUT2D eigenvalue weighted by Crippen LogP contribution is -2.44. The Bertz CT molecular complexity index is 448. The van der Waals surface area contributed by atoms with Crippen LogP contribution in [0.4, 0.5) is 0 Å². The molecule has 1 aliphatic carbocycles. The lowest BCUT2D eigenvalue weighted by atomic mass is 9.87. The summed E-state index contributed by atoms with van der Waals surface area (Å²) in [6, 6.07) is 8.66. The fraction of sp³-hybridized carbons (Fsp3) is 0.588. The molecular formula is C17H27N3O. The van der Waals surface area contributed by atoms with E-state index < -0.39 is 0 Å². The maximum atomic E-state index is 5.17. The first-order valence-corrected chi connectivity index (χ1v) is 7.81. The number of benzene rings is 1. The molecule has 21 heavy (non-hydrogen) atoms. The molecule has 0 radical (unpaired) electrons. The second-order valence-corrected chi connectivity index (χ2v) is 5.87. The van der Waals surface area contributed by atoms with Gasteiger partial charge in [-0.1, -0.05) is 19.1 Å². The largest absolute Gasteiger partial charge is 0.497 e. The second-order valence-electron chi connectivity index (χ2n) is 5.87. The summed E-state index contributed by atoms with van der Waals surface area (Å²) in [5.41, 5.74) is 1.22. The Morgan fingerprint density at radius 1 is 1.19 bits per heavy atom. The highest BCUT2D eigenvalue weighted by Crippen LogP contribution is 2.23. The predicted octanol–water partition coefficient (Wildman–Crippen LogP) is 2.94. The zero-order valence-electron chi connectivity index (χ0n) is 13.4. The average Bonchev–Trinajstić information content (AvgIpc) is 2.53. The predicted molar refractivity (Wildman–Crippen MR) is 87.7 cm³/mol. The highest BCUT2D eigenvalue weighted by molar-refractivity contribution is 5.79. The van der Waals surface area contributed by atoms with Gasteiger partial charge in [-0.15, -0.1) is 0 Å². The van der Waals surface area contributed by atoms with Crippen molar-refractivity contribution in [1.82, 2.24) is 10.6 Å². The van der Waals surface area contributed by atoms with Gasteiger partial charge in [0, 0.05) is 19.6 Å². The summed E-state index contributed by atoms with van der Waals surface area (Å²) < 4.78 is 5.17. The molecule has 116 valence electrons. The summed E-state index contributed by atoms with van der Waals surface area (Å²) in [6.07, 6.45) is 5.11. The monoisotopic (exact) mass is 289 g/mol. The van der Waals surface area contributed by atoms with E-state index >= 15 is 0 Å². The van der Waals surface area contributed by atoms with Crippen molar-refractivity contribution in [3.8, 4) is 5.75 Å². The maximum absolute atomic E-state index is 5.17. The van der Waals surface area contributed by atoms with Gasteiger partial charge in [0.2, 0.25) is 0 Å². The quantitative estimate of drug-likeness (QED) is 0.662. The van der Waals surface area contributed by atoms with Crippen LogP contribution in [-0.4, -0.2) is 26.2 Å². The van der Waals surface area contributed by atoms with Crippen LogP contribution in [0.1, 0.15) is 38.2 Å². The van der Waals surface area contributed by atoms with Crippen LogP contribution in [0.2, 0.25) is 0 Å². The summed E-state index contributed by atoms with van der Waals surface area (Å²) in [5.74, 6) is 2.65. The molecule has 0 bridgehead atoms. The molecule has 0 saturated heterocycles. The molecule has 0 amide bonds. The SMILES string of the molecule is CN=C(NCc1ccc(OC)cc1)NC1CCC(C)CC1. The minimum absolute atomic E-state index is 0.559.